The summed E-state index contributed by atoms with van der Waals surface area (Å²) in [5, 5.41) is 0. The summed E-state index contributed by atoms with van der Waals surface area (Å²) in [7, 11) is 1.51. The minimum absolute atomic E-state index is 0.110. The van der Waals surface area contributed by atoms with E-state index in [0.717, 1.165) is 11.6 Å². The van der Waals surface area contributed by atoms with Crippen LogP contribution in [0.5, 0.6) is 11.5 Å². The van der Waals surface area contributed by atoms with Crippen LogP contribution in [-0.2, 0) is 19.1 Å². The molecule has 0 heterocycles. The van der Waals surface area contributed by atoms with E-state index in [4.69, 9.17) is 18.9 Å². The zero-order valence-corrected chi connectivity index (χ0v) is 13.2. The smallest absolute Gasteiger partial charge is 0.330 e. The molecular formula is C17H20O6. The first-order valence-electron chi connectivity index (χ1n) is 7.05. The summed E-state index contributed by atoms with van der Waals surface area (Å²) in [6.07, 6.45) is 4.05. The van der Waals surface area contributed by atoms with Gasteiger partial charge in [0.25, 0.3) is 0 Å². The van der Waals surface area contributed by atoms with Gasteiger partial charge < -0.3 is 18.9 Å². The highest BCUT2D eigenvalue weighted by atomic mass is 16.6. The fourth-order valence-corrected chi connectivity index (χ4v) is 1.61. The molecule has 0 aliphatic carbocycles. The van der Waals surface area contributed by atoms with E-state index in [1.54, 1.807) is 31.2 Å². The molecule has 0 amide bonds. The molecule has 0 bridgehead atoms. The van der Waals surface area contributed by atoms with Crippen LogP contribution in [0.4, 0.5) is 0 Å². The third-order valence-corrected chi connectivity index (χ3v) is 2.64. The Balaban J connectivity index is 2.63. The molecule has 124 valence electrons. The lowest BCUT2D eigenvalue weighted by molar-refractivity contribution is -0.138. The van der Waals surface area contributed by atoms with Gasteiger partial charge in [0.2, 0.25) is 0 Å². The zero-order valence-electron chi connectivity index (χ0n) is 13.2. The number of rotatable bonds is 9. The minimum atomic E-state index is -0.500. The third kappa shape index (κ3) is 6.69. The van der Waals surface area contributed by atoms with Crippen molar-refractivity contribution in [2.75, 3.05) is 26.9 Å². The molecule has 23 heavy (non-hydrogen) atoms. The molecule has 0 saturated carbocycles. The maximum Gasteiger partial charge on any atom is 0.330 e. The summed E-state index contributed by atoms with van der Waals surface area (Å²) in [4.78, 5) is 22.2. The van der Waals surface area contributed by atoms with Crippen LogP contribution in [0.15, 0.2) is 36.9 Å². The lowest BCUT2D eigenvalue weighted by atomic mass is 10.2. The van der Waals surface area contributed by atoms with Crippen molar-refractivity contribution >= 4 is 18.0 Å². The summed E-state index contributed by atoms with van der Waals surface area (Å²) in [6, 6.07) is 5.20. The van der Waals surface area contributed by atoms with E-state index in [1.807, 2.05) is 0 Å². The van der Waals surface area contributed by atoms with E-state index in [1.165, 1.54) is 13.2 Å². The van der Waals surface area contributed by atoms with Crippen LogP contribution in [0.25, 0.3) is 6.08 Å². The summed E-state index contributed by atoms with van der Waals surface area (Å²) in [5.41, 5.74) is 0.764. The Labute approximate surface area is 135 Å². The van der Waals surface area contributed by atoms with Gasteiger partial charge in [0.1, 0.15) is 13.2 Å². The standard InChI is InChI=1S/C17H20O6/c1-4-16(18)23-11-10-22-14-8-6-13(12-15(14)20-3)7-9-17(19)21-5-2/h4,6-9,12H,1,5,10-11H2,2-3H3/b9-7+. The highest BCUT2D eigenvalue weighted by Gasteiger charge is 2.06. The molecule has 0 aromatic heterocycles. The molecule has 0 aliphatic heterocycles. The molecule has 0 saturated heterocycles. The monoisotopic (exact) mass is 320 g/mol. The number of carbonyl (C=O) groups is 2. The number of ether oxygens (including phenoxy) is 4. The first-order valence-corrected chi connectivity index (χ1v) is 7.05. The van der Waals surface area contributed by atoms with Gasteiger partial charge in [-0.15, -0.1) is 0 Å². The van der Waals surface area contributed by atoms with Crippen LogP contribution >= 0.6 is 0 Å². The first kappa shape index (κ1) is 18.3. The zero-order chi connectivity index (χ0) is 17.1. The molecule has 0 fully saturated rings. The van der Waals surface area contributed by atoms with Crippen LogP contribution < -0.4 is 9.47 Å². The normalized spacial score (nSPS) is 10.2. The summed E-state index contributed by atoms with van der Waals surface area (Å²) < 4.78 is 20.4. The van der Waals surface area contributed by atoms with Crippen molar-refractivity contribution < 1.29 is 28.5 Å². The first-order chi connectivity index (χ1) is 11.1. The second kappa shape index (κ2) is 10.0. The van der Waals surface area contributed by atoms with Crippen molar-refractivity contribution in [2.45, 2.75) is 6.92 Å². The van der Waals surface area contributed by atoms with Gasteiger partial charge in [-0.1, -0.05) is 12.6 Å². The van der Waals surface area contributed by atoms with Gasteiger partial charge in [-0.05, 0) is 30.7 Å². The van der Waals surface area contributed by atoms with Crippen molar-refractivity contribution in [1.82, 2.24) is 0 Å². The lowest BCUT2D eigenvalue weighted by Gasteiger charge is -2.11. The Morgan fingerprint density at radius 2 is 1.91 bits per heavy atom. The maximum atomic E-state index is 11.3. The fourth-order valence-electron chi connectivity index (χ4n) is 1.61. The molecule has 0 unspecified atom stereocenters. The van der Waals surface area contributed by atoms with Gasteiger partial charge in [-0.25, -0.2) is 9.59 Å². The molecule has 0 atom stereocenters. The molecule has 0 N–H and O–H groups in total. The molecule has 1 rings (SSSR count). The van der Waals surface area contributed by atoms with Gasteiger partial charge in [-0.2, -0.15) is 0 Å². The molecule has 0 aliphatic rings. The second-order valence-electron chi connectivity index (χ2n) is 4.22. The number of methoxy groups -OCH3 is 1. The summed E-state index contributed by atoms with van der Waals surface area (Å²) in [5.74, 6) is 0.109. The predicted octanol–water partition coefficient (Wildman–Crippen LogP) is 2.38. The van der Waals surface area contributed by atoms with E-state index in [9.17, 15) is 9.59 Å². The lowest BCUT2D eigenvalue weighted by Crippen LogP contribution is -2.10. The van der Waals surface area contributed by atoms with E-state index in [2.05, 4.69) is 6.58 Å². The van der Waals surface area contributed by atoms with Crippen molar-refractivity contribution in [3.8, 4) is 11.5 Å². The van der Waals surface area contributed by atoms with Crippen molar-refractivity contribution in [1.29, 1.82) is 0 Å². The number of benzene rings is 1. The Morgan fingerprint density at radius 3 is 2.57 bits per heavy atom. The minimum Gasteiger partial charge on any atom is -0.493 e. The highest BCUT2D eigenvalue weighted by Crippen LogP contribution is 2.28. The molecule has 1 aromatic carbocycles. The van der Waals surface area contributed by atoms with Crippen molar-refractivity contribution in [3.63, 3.8) is 0 Å². The van der Waals surface area contributed by atoms with E-state index in [0.29, 0.717) is 18.1 Å². The molecular weight excluding hydrogens is 300 g/mol. The summed E-state index contributed by atoms with van der Waals surface area (Å²) >= 11 is 0. The molecule has 1 aromatic rings. The number of hydrogen-bond acceptors (Lipinski definition) is 6. The Bertz CT molecular complexity index is 576. The van der Waals surface area contributed by atoms with Crippen LogP contribution in [0.3, 0.4) is 0 Å². The van der Waals surface area contributed by atoms with Gasteiger partial charge in [0.05, 0.1) is 13.7 Å². The number of carbonyl (C=O) groups excluding carboxylic acids is 2. The maximum absolute atomic E-state index is 11.3. The van der Waals surface area contributed by atoms with Crippen LogP contribution in [-0.4, -0.2) is 38.9 Å². The largest absolute Gasteiger partial charge is 0.493 e. The van der Waals surface area contributed by atoms with Crippen LogP contribution in [0.1, 0.15) is 12.5 Å². The molecule has 0 spiro atoms. The molecule has 6 nitrogen and oxygen atoms in total. The van der Waals surface area contributed by atoms with Gasteiger partial charge in [0, 0.05) is 12.2 Å². The molecule has 0 radical (unpaired) electrons. The quantitative estimate of drug-likeness (QED) is 0.395. The van der Waals surface area contributed by atoms with Gasteiger partial charge in [-0.3, -0.25) is 0 Å². The third-order valence-electron chi connectivity index (χ3n) is 2.64. The van der Waals surface area contributed by atoms with E-state index >= 15 is 0 Å². The fraction of sp³-hybridized carbons (Fsp3) is 0.294. The van der Waals surface area contributed by atoms with Crippen LogP contribution in [0, 0.1) is 0 Å². The van der Waals surface area contributed by atoms with Gasteiger partial charge in [0.15, 0.2) is 11.5 Å². The average Bonchev–Trinajstić information content (AvgIpc) is 2.57. The van der Waals surface area contributed by atoms with Crippen molar-refractivity contribution in [3.05, 3.63) is 42.5 Å². The average molecular weight is 320 g/mol. The SMILES string of the molecule is C=CC(=O)OCCOc1ccc(/C=C/C(=O)OCC)cc1OC. The number of esters is 2. The number of hydrogen-bond donors (Lipinski definition) is 0. The topological polar surface area (TPSA) is 71.1 Å². The van der Waals surface area contributed by atoms with E-state index in [-0.39, 0.29) is 13.2 Å². The van der Waals surface area contributed by atoms with E-state index < -0.39 is 11.9 Å². The highest BCUT2D eigenvalue weighted by molar-refractivity contribution is 5.87. The Morgan fingerprint density at radius 1 is 1.13 bits per heavy atom. The van der Waals surface area contributed by atoms with Crippen LogP contribution in [0.2, 0.25) is 0 Å². The molecule has 6 heteroatoms. The van der Waals surface area contributed by atoms with Gasteiger partial charge >= 0.3 is 11.9 Å². The Hall–Kier alpha value is -2.76. The summed E-state index contributed by atoms with van der Waals surface area (Å²) in [6.45, 7) is 5.67. The Kier molecular flexibility index (Phi) is 7.99. The van der Waals surface area contributed by atoms with Crippen molar-refractivity contribution in [2.24, 2.45) is 0 Å². The predicted molar refractivity (Wildman–Crippen MR) is 85.3 cm³/mol. The second-order valence-corrected chi connectivity index (χ2v) is 4.22.